The van der Waals surface area contributed by atoms with Gasteiger partial charge in [-0.05, 0) is 40.7 Å². The summed E-state index contributed by atoms with van der Waals surface area (Å²) in [6.45, 7) is 4.64. The molecule has 2 aromatic rings. The van der Waals surface area contributed by atoms with Crippen molar-refractivity contribution in [1.29, 1.82) is 0 Å². The zero-order chi connectivity index (χ0) is 12.5. The van der Waals surface area contributed by atoms with Gasteiger partial charge in [0.15, 0.2) is 0 Å². The summed E-state index contributed by atoms with van der Waals surface area (Å²) in [6, 6.07) is 13.3. The smallest absolute Gasteiger partial charge is 0.00490 e. The van der Waals surface area contributed by atoms with Gasteiger partial charge in [0.25, 0.3) is 0 Å². The van der Waals surface area contributed by atoms with E-state index in [9.17, 15) is 0 Å². The summed E-state index contributed by atoms with van der Waals surface area (Å²) in [4.78, 5) is 0. The van der Waals surface area contributed by atoms with Crippen LogP contribution in [0.4, 0.5) is 0 Å². The van der Waals surface area contributed by atoms with Gasteiger partial charge in [0, 0.05) is 0 Å². The highest BCUT2D eigenvalue weighted by atomic mass is 14.2. The highest BCUT2D eigenvalue weighted by Gasteiger charge is 2.18. The number of hydrogen-bond donors (Lipinski definition) is 0. The molecular weight excluding hydrogens is 216 g/mol. The number of allylic oxidation sites excluding steroid dienone is 1. The van der Waals surface area contributed by atoms with Gasteiger partial charge in [-0.2, -0.15) is 0 Å². The maximum Gasteiger partial charge on any atom is -0.00490 e. The van der Waals surface area contributed by atoms with Crippen LogP contribution in [0.3, 0.4) is 0 Å². The molecule has 1 aliphatic rings. The summed E-state index contributed by atoms with van der Waals surface area (Å²) < 4.78 is 0. The lowest BCUT2D eigenvalue weighted by Crippen LogP contribution is -1.98. The number of hydrogen-bond acceptors (Lipinski definition) is 0. The predicted octanol–water partition coefficient (Wildman–Crippen LogP) is 5.22. The number of benzene rings is 2. The molecule has 0 radical (unpaired) electrons. The summed E-state index contributed by atoms with van der Waals surface area (Å²) in [7, 11) is 0. The molecule has 0 bridgehead atoms. The largest absolute Gasteiger partial charge is 0.0654 e. The van der Waals surface area contributed by atoms with E-state index in [0.717, 1.165) is 12.3 Å². The van der Waals surface area contributed by atoms with Crippen molar-refractivity contribution in [3.05, 3.63) is 53.1 Å². The van der Waals surface area contributed by atoms with Gasteiger partial charge in [-0.15, -0.1) is 0 Å². The average molecular weight is 236 g/mol. The molecule has 1 unspecified atom stereocenters. The molecule has 0 heteroatoms. The Labute approximate surface area is 109 Å². The molecule has 0 nitrogen and oxygen atoms in total. The minimum atomic E-state index is 0.723. The van der Waals surface area contributed by atoms with Crippen LogP contribution >= 0.6 is 0 Å². The molecule has 3 rings (SSSR count). The Hall–Kier alpha value is -1.56. The molecule has 0 amide bonds. The SMILES string of the molecule is CCCC(C)C1=Cc2ccc3ccccc3c2C1. The monoisotopic (exact) mass is 236 g/mol. The maximum absolute atomic E-state index is 2.42. The molecule has 0 saturated carbocycles. The summed E-state index contributed by atoms with van der Waals surface area (Å²) in [5.74, 6) is 0.723. The molecule has 1 aliphatic carbocycles. The van der Waals surface area contributed by atoms with Crippen LogP contribution < -0.4 is 0 Å². The molecule has 0 spiro atoms. The van der Waals surface area contributed by atoms with Gasteiger partial charge in [-0.3, -0.25) is 0 Å². The Morgan fingerprint density at radius 3 is 2.78 bits per heavy atom. The maximum atomic E-state index is 2.42. The van der Waals surface area contributed by atoms with E-state index in [4.69, 9.17) is 0 Å². The summed E-state index contributed by atoms with van der Waals surface area (Å²) in [5.41, 5.74) is 4.58. The molecule has 0 saturated heterocycles. The van der Waals surface area contributed by atoms with E-state index in [2.05, 4.69) is 56.3 Å². The third-order valence-corrected chi connectivity index (χ3v) is 4.15. The Kier molecular flexibility index (Phi) is 2.95. The Morgan fingerprint density at radius 1 is 1.11 bits per heavy atom. The third-order valence-electron chi connectivity index (χ3n) is 4.15. The van der Waals surface area contributed by atoms with Crippen molar-refractivity contribution < 1.29 is 0 Å². The molecule has 2 aromatic carbocycles. The van der Waals surface area contributed by atoms with Gasteiger partial charge in [-0.25, -0.2) is 0 Å². The van der Waals surface area contributed by atoms with Gasteiger partial charge in [0.1, 0.15) is 0 Å². The second kappa shape index (κ2) is 4.61. The highest BCUT2D eigenvalue weighted by Crippen LogP contribution is 2.35. The molecule has 0 heterocycles. The third kappa shape index (κ3) is 1.86. The first-order valence-corrected chi connectivity index (χ1v) is 7.00. The van der Waals surface area contributed by atoms with Crippen molar-refractivity contribution >= 4 is 16.8 Å². The Balaban J connectivity index is 2.00. The van der Waals surface area contributed by atoms with Crippen molar-refractivity contribution in [1.82, 2.24) is 0 Å². The summed E-state index contributed by atoms with van der Waals surface area (Å²) in [6.07, 6.45) is 6.15. The van der Waals surface area contributed by atoms with Crippen molar-refractivity contribution in [2.45, 2.75) is 33.1 Å². The quantitative estimate of drug-likeness (QED) is 0.685. The normalized spacial score (nSPS) is 15.6. The topological polar surface area (TPSA) is 0 Å². The lowest BCUT2D eigenvalue weighted by atomic mass is 9.94. The van der Waals surface area contributed by atoms with E-state index in [0.29, 0.717) is 0 Å². The molecule has 1 atom stereocenters. The Morgan fingerprint density at radius 2 is 1.94 bits per heavy atom. The van der Waals surface area contributed by atoms with Gasteiger partial charge < -0.3 is 0 Å². The first kappa shape index (κ1) is 11.5. The fraction of sp³-hybridized carbons (Fsp3) is 0.333. The summed E-state index contributed by atoms with van der Waals surface area (Å²) >= 11 is 0. The van der Waals surface area contributed by atoms with Crippen LogP contribution in [0.2, 0.25) is 0 Å². The molecule has 0 aromatic heterocycles. The Bertz CT molecular complexity index is 604. The fourth-order valence-electron chi connectivity index (χ4n) is 3.08. The zero-order valence-corrected chi connectivity index (χ0v) is 11.2. The van der Waals surface area contributed by atoms with Crippen LogP contribution in [0.1, 0.15) is 37.8 Å². The molecule has 0 N–H and O–H groups in total. The van der Waals surface area contributed by atoms with Crippen LogP contribution in [0.15, 0.2) is 42.0 Å². The zero-order valence-electron chi connectivity index (χ0n) is 11.2. The molecule has 92 valence electrons. The number of fused-ring (bicyclic) bond motifs is 3. The van der Waals surface area contributed by atoms with Gasteiger partial charge >= 0.3 is 0 Å². The predicted molar refractivity (Wildman–Crippen MR) is 79.7 cm³/mol. The van der Waals surface area contributed by atoms with Crippen LogP contribution in [0.25, 0.3) is 16.8 Å². The molecule has 18 heavy (non-hydrogen) atoms. The average Bonchev–Trinajstić information content (AvgIpc) is 2.83. The second-order valence-corrected chi connectivity index (χ2v) is 5.44. The van der Waals surface area contributed by atoms with Gasteiger partial charge in [0.05, 0.1) is 0 Å². The first-order valence-electron chi connectivity index (χ1n) is 7.00. The van der Waals surface area contributed by atoms with Crippen LogP contribution in [0, 0.1) is 5.92 Å². The van der Waals surface area contributed by atoms with Crippen molar-refractivity contribution in [3.8, 4) is 0 Å². The van der Waals surface area contributed by atoms with E-state index < -0.39 is 0 Å². The fourth-order valence-corrected chi connectivity index (χ4v) is 3.08. The van der Waals surface area contributed by atoms with E-state index >= 15 is 0 Å². The van der Waals surface area contributed by atoms with Crippen molar-refractivity contribution in [2.24, 2.45) is 5.92 Å². The molecule has 0 fully saturated rings. The van der Waals surface area contributed by atoms with Gasteiger partial charge in [0.2, 0.25) is 0 Å². The minimum absolute atomic E-state index is 0.723. The lowest BCUT2D eigenvalue weighted by molar-refractivity contribution is 0.596. The van der Waals surface area contributed by atoms with E-state index in [-0.39, 0.29) is 0 Å². The standard InChI is InChI=1S/C18H20/c1-3-6-13(2)16-11-15-10-9-14-7-4-5-8-17(14)18(15)12-16/h4-5,7-11,13H,3,6,12H2,1-2H3. The van der Waals surface area contributed by atoms with Crippen LogP contribution in [-0.2, 0) is 6.42 Å². The highest BCUT2D eigenvalue weighted by molar-refractivity contribution is 5.90. The van der Waals surface area contributed by atoms with Crippen LogP contribution in [-0.4, -0.2) is 0 Å². The van der Waals surface area contributed by atoms with E-state index in [1.165, 1.54) is 34.7 Å². The number of rotatable bonds is 3. The lowest BCUT2D eigenvalue weighted by Gasteiger charge is -2.11. The molecular formula is C18H20. The molecule has 0 aliphatic heterocycles. The van der Waals surface area contributed by atoms with Crippen LogP contribution in [0.5, 0.6) is 0 Å². The first-order chi connectivity index (χ1) is 8.79. The van der Waals surface area contributed by atoms with Crippen molar-refractivity contribution in [3.63, 3.8) is 0 Å². The summed E-state index contributed by atoms with van der Waals surface area (Å²) in [5, 5.41) is 2.80. The van der Waals surface area contributed by atoms with E-state index in [1.54, 1.807) is 5.57 Å². The van der Waals surface area contributed by atoms with Crippen molar-refractivity contribution in [2.75, 3.05) is 0 Å². The van der Waals surface area contributed by atoms with Gasteiger partial charge in [-0.1, -0.05) is 68.3 Å². The minimum Gasteiger partial charge on any atom is -0.0654 e. The second-order valence-electron chi connectivity index (χ2n) is 5.44. The van der Waals surface area contributed by atoms with E-state index in [1.807, 2.05) is 0 Å².